The van der Waals surface area contributed by atoms with Crippen molar-refractivity contribution in [3.8, 4) is 0 Å². The molecule has 4 rings (SSSR count). The third-order valence-electron chi connectivity index (χ3n) is 6.64. The van der Waals surface area contributed by atoms with Crippen LogP contribution in [0.5, 0.6) is 0 Å². The van der Waals surface area contributed by atoms with E-state index >= 15 is 0 Å². The number of carbonyl (C=O) groups is 2. The Morgan fingerprint density at radius 2 is 1.65 bits per heavy atom. The van der Waals surface area contributed by atoms with Crippen molar-refractivity contribution < 1.29 is 27.8 Å². The summed E-state index contributed by atoms with van der Waals surface area (Å²) in [5.41, 5.74) is -1.98. The number of esters is 2. The van der Waals surface area contributed by atoms with Gasteiger partial charge in [-0.2, -0.15) is 0 Å². The van der Waals surface area contributed by atoms with Crippen molar-refractivity contribution in [2.75, 3.05) is 6.61 Å². The van der Waals surface area contributed by atoms with Gasteiger partial charge in [-0.25, -0.2) is 8.78 Å². The average Bonchev–Trinajstić information content (AvgIpc) is 2.50. The maximum atomic E-state index is 13.1. The normalized spacial score (nSPS) is 36.1. The molecule has 2 unspecified atom stereocenters. The molecule has 0 aromatic rings. The second-order valence-corrected chi connectivity index (χ2v) is 9.70. The summed E-state index contributed by atoms with van der Waals surface area (Å²) in [7, 11) is 0. The van der Waals surface area contributed by atoms with Gasteiger partial charge >= 0.3 is 11.9 Å². The molecule has 4 bridgehead atoms. The van der Waals surface area contributed by atoms with Crippen LogP contribution in [-0.2, 0) is 19.1 Å². The van der Waals surface area contributed by atoms with Gasteiger partial charge in [-0.05, 0) is 64.2 Å². The predicted molar refractivity (Wildman–Crippen MR) is 91.6 cm³/mol. The summed E-state index contributed by atoms with van der Waals surface area (Å²) >= 11 is 0. The molecule has 4 aliphatic carbocycles. The Morgan fingerprint density at radius 1 is 1.08 bits per heavy atom. The van der Waals surface area contributed by atoms with Crippen molar-refractivity contribution in [3.05, 3.63) is 0 Å². The Morgan fingerprint density at radius 3 is 2.15 bits per heavy atom. The highest BCUT2D eigenvalue weighted by Gasteiger charge is 2.63. The SMILES string of the molecule is CCC(C)(C)C(=O)OC12CC3CC(C1)CC(C(=O)OCC(C)(F)F)(C3)C2. The number of carbonyl (C=O) groups excluding carboxylic acids is 2. The Kier molecular flexibility index (Phi) is 4.64. The molecular weight excluding hydrogens is 342 g/mol. The highest BCUT2D eigenvalue weighted by Crippen LogP contribution is 2.63. The summed E-state index contributed by atoms with van der Waals surface area (Å²) in [6.07, 6.45) is 4.97. The van der Waals surface area contributed by atoms with Crippen LogP contribution < -0.4 is 0 Å². The lowest BCUT2D eigenvalue weighted by Gasteiger charge is -2.60. The van der Waals surface area contributed by atoms with Crippen LogP contribution in [0, 0.1) is 22.7 Å². The molecule has 2 atom stereocenters. The van der Waals surface area contributed by atoms with Gasteiger partial charge in [0, 0.05) is 13.3 Å². The van der Waals surface area contributed by atoms with Crippen LogP contribution in [-0.4, -0.2) is 30.1 Å². The monoisotopic (exact) mass is 372 g/mol. The number of alkyl halides is 2. The van der Waals surface area contributed by atoms with Crippen molar-refractivity contribution in [2.24, 2.45) is 22.7 Å². The highest BCUT2D eigenvalue weighted by atomic mass is 19.3. The first-order valence-corrected chi connectivity index (χ1v) is 9.67. The van der Waals surface area contributed by atoms with Crippen molar-refractivity contribution in [3.63, 3.8) is 0 Å². The zero-order valence-corrected chi connectivity index (χ0v) is 16.2. The summed E-state index contributed by atoms with van der Waals surface area (Å²) in [4.78, 5) is 25.4. The van der Waals surface area contributed by atoms with E-state index < -0.39 is 34.9 Å². The van der Waals surface area contributed by atoms with Crippen LogP contribution in [0.2, 0.25) is 0 Å². The van der Waals surface area contributed by atoms with Crippen LogP contribution in [0.1, 0.15) is 72.6 Å². The van der Waals surface area contributed by atoms with Crippen molar-refractivity contribution >= 4 is 11.9 Å². The van der Waals surface area contributed by atoms with Gasteiger partial charge in [-0.1, -0.05) is 6.92 Å². The molecule has 0 aromatic heterocycles. The van der Waals surface area contributed by atoms with E-state index in [1.54, 1.807) is 0 Å². The van der Waals surface area contributed by atoms with Gasteiger partial charge < -0.3 is 9.47 Å². The van der Waals surface area contributed by atoms with Gasteiger partial charge in [-0.15, -0.1) is 0 Å². The van der Waals surface area contributed by atoms with Crippen LogP contribution >= 0.6 is 0 Å². The Balaban J connectivity index is 1.78. The van der Waals surface area contributed by atoms with Crippen molar-refractivity contribution in [1.29, 1.82) is 0 Å². The number of halogens is 2. The van der Waals surface area contributed by atoms with E-state index in [4.69, 9.17) is 9.47 Å². The predicted octanol–water partition coefficient (Wildman–Crippen LogP) is 4.50. The summed E-state index contributed by atoms with van der Waals surface area (Å²) in [6, 6.07) is 0. The fourth-order valence-corrected chi connectivity index (χ4v) is 5.36. The molecule has 0 amide bonds. The third-order valence-corrected chi connectivity index (χ3v) is 6.64. The van der Waals surface area contributed by atoms with Crippen molar-refractivity contribution in [2.45, 2.75) is 84.2 Å². The molecule has 4 fully saturated rings. The molecule has 4 nitrogen and oxygen atoms in total. The number of hydrogen-bond donors (Lipinski definition) is 0. The average molecular weight is 372 g/mol. The number of ether oxygens (including phenoxy) is 2. The molecule has 6 heteroatoms. The zero-order chi connectivity index (χ0) is 19.4. The zero-order valence-electron chi connectivity index (χ0n) is 16.2. The van der Waals surface area contributed by atoms with Crippen LogP contribution in [0.4, 0.5) is 8.78 Å². The molecule has 0 aromatic carbocycles. The molecular formula is C20H30F2O4. The van der Waals surface area contributed by atoms with Gasteiger partial charge in [0.05, 0.1) is 10.8 Å². The molecule has 0 saturated heterocycles. The lowest BCUT2D eigenvalue weighted by atomic mass is 9.48. The molecule has 0 aliphatic heterocycles. The molecule has 0 spiro atoms. The second kappa shape index (κ2) is 6.16. The Labute approximate surface area is 154 Å². The van der Waals surface area contributed by atoms with E-state index in [-0.39, 0.29) is 5.97 Å². The largest absolute Gasteiger partial charge is 0.459 e. The highest BCUT2D eigenvalue weighted by molar-refractivity contribution is 5.79. The minimum absolute atomic E-state index is 0.231. The molecule has 148 valence electrons. The quantitative estimate of drug-likeness (QED) is 0.644. The third kappa shape index (κ3) is 3.61. The smallest absolute Gasteiger partial charge is 0.312 e. The maximum absolute atomic E-state index is 13.1. The van der Waals surface area contributed by atoms with E-state index in [1.165, 1.54) is 0 Å². The fourth-order valence-electron chi connectivity index (χ4n) is 5.36. The van der Waals surface area contributed by atoms with Gasteiger partial charge in [0.1, 0.15) is 5.60 Å². The molecule has 0 N–H and O–H groups in total. The Bertz CT molecular complexity index is 579. The van der Waals surface area contributed by atoms with Crippen LogP contribution in [0.3, 0.4) is 0 Å². The van der Waals surface area contributed by atoms with Gasteiger partial charge in [0.15, 0.2) is 6.61 Å². The topological polar surface area (TPSA) is 52.6 Å². The first-order valence-electron chi connectivity index (χ1n) is 9.67. The first kappa shape index (κ1) is 19.6. The molecule has 4 aliphatic rings. The van der Waals surface area contributed by atoms with E-state index in [2.05, 4.69) is 0 Å². The first-order chi connectivity index (χ1) is 11.9. The summed E-state index contributed by atoms with van der Waals surface area (Å²) < 4.78 is 37.3. The van der Waals surface area contributed by atoms with Crippen molar-refractivity contribution in [1.82, 2.24) is 0 Å². The van der Waals surface area contributed by atoms with E-state index in [9.17, 15) is 18.4 Å². The summed E-state index contributed by atoms with van der Waals surface area (Å²) in [5.74, 6) is -3.21. The van der Waals surface area contributed by atoms with Crippen LogP contribution in [0.15, 0.2) is 0 Å². The van der Waals surface area contributed by atoms with E-state index in [0.29, 0.717) is 37.5 Å². The van der Waals surface area contributed by atoms with E-state index in [0.717, 1.165) is 26.2 Å². The maximum Gasteiger partial charge on any atom is 0.312 e. The van der Waals surface area contributed by atoms with Crippen LogP contribution in [0.25, 0.3) is 0 Å². The van der Waals surface area contributed by atoms with Gasteiger partial charge in [0.2, 0.25) is 0 Å². The van der Waals surface area contributed by atoms with Gasteiger partial charge in [-0.3, -0.25) is 9.59 Å². The lowest BCUT2D eigenvalue weighted by Crippen LogP contribution is -2.60. The molecule has 26 heavy (non-hydrogen) atoms. The van der Waals surface area contributed by atoms with Gasteiger partial charge in [0.25, 0.3) is 5.92 Å². The minimum Gasteiger partial charge on any atom is -0.459 e. The minimum atomic E-state index is -3.03. The summed E-state index contributed by atoms with van der Waals surface area (Å²) in [6.45, 7) is 5.53. The molecule has 0 radical (unpaired) electrons. The summed E-state index contributed by atoms with van der Waals surface area (Å²) in [5, 5.41) is 0. The number of rotatable bonds is 6. The van der Waals surface area contributed by atoms with E-state index in [1.807, 2.05) is 20.8 Å². The second-order valence-electron chi connectivity index (χ2n) is 9.70. The number of hydrogen-bond acceptors (Lipinski definition) is 4. The molecule has 0 heterocycles. The Hall–Kier alpha value is -1.20. The molecule has 4 saturated carbocycles. The lowest BCUT2D eigenvalue weighted by molar-refractivity contribution is -0.220. The standard InChI is InChI=1S/C20H30F2O4/c1-5-17(2,3)15(23)26-20-9-13-6-14(10-20)8-19(7-13,11-20)16(24)25-12-18(4,21)22/h13-14H,5-12H2,1-4H3. The fraction of sp³-hybridized carbons (Fsp3) is 0.900.